The fourth-order valence-electron chi connectivity index (χ4n) is 1.11. The zero-order valence-electron chi connectivity index (χ0n) is 8.02. The number of benzene rings is 1. The number of allylic oxidation sites excluding steroid dienone is 1. The minimum atomic E-state index is 0.0896. The minimum absolute atomic E-state index is 0.0896. The normalized spacial score (nSPS) is 12.5. The molecule has 1 rings (SSSR count). The Morgan fingerprint density at radius 1 is 1.36 bits per heavy atom. The van der Waals surface area contributed by atoms with Crippen molar-refractivity contribution in [2.45, 2.75) is 5.75 Å². The highest BCUT2D eigenvalue weighted by Crippen LogP contribution is 2.17. The Labute approximate surface area is 87.6 Å². The molecule has 0 radical (unpaired) electrons. The van der Waals surface area contributed by atoms with E-state index in [-0.39, 0.29) is 10.5 Å². The third-order valence-corrected chi connectivity index (χ3v) is 3.14. The SMILES string of the molecule is C=S(C/C=C/C#N)Cc1ccccc1. The smallest absolute Gasteiger partial charge is 0.0908 e. The molecule has 0 amide bonds. The van der Waals surface area contributed by atoms with Gasteiger partial charge in [-0.1, -0.05) is 42.3 Å². The van der Waals surface area contributed by atoms with Crippen molar-refractivity contribution in [1.82, 2.24) is 0 Å². The highest BCUT2D eigenvalue weighted by atomic mass is 32.2. The van der Waals surface area contributed by atoms with Gasteiger partial charge in [0.15, 0.2) is 0 Å². The average molecular weight is 203 g/mol. The minimum Gasteiger partial charge on any atom is -0.193 e. The van der Waals surface area contributed by atoms with Gasteiger partial charge < -0.3 is 0 Å². The lowest BCUT2D eigenvalue weighted by molar-refractivity contribution is 1.41. The largest absolute Gasteiger partial charge is 0.193 e. The number of hydrogen-bond acceptors (Lipinski definition) is 1. The van der Waals surface area contributed by atoms with Crippen molar-refractivity contribution in [2.24, 2.45) is 0 Å². The van der Waals surface area contributed by atoms with Crippen LogP contribution >= 0.6 is 10.5 Å². The van der Waals surface area contributed by atoms with E-state index in [4.69, 9.17) is 5.26 Å². The van der Waals surface area contributed by atoms with E-state index in [0.29, 0.717) is 0 Å². The molecule has 0 aliphatic carbocycles. The number of nitriles is 1. The highest BCUT2D eigenvalue weighted by Gasteiger charge is 1.92. The van der Waals surface area contributed by atoms with Crippen LogP contribution < -0.4 is 0 Å². The molecule has 0 aliphatic rings. The first-order valence-corrected chi connectivity index (χ1v) is 6.12. The summed E-state index contributed by atoms with van der Waals surface area (Å²) in [7, 11) is 0.0896. The maximum Gasteiger partial charge on any atom is 0.0908 e. The summed E-state index contributed by atoms with van der Waals surface area (Å²) in [5.74, 6) is 5.96. The molecule has 0 bridgehead atoms. The van der Waals surface area contributed by atoms with Gasteiger partial charge in [-0.05, 0) is 5.56 Å². The molecule has 72 valence electrons. The summed E-state index contributed by atoms with van der Waals surface area (Å²) in [5, 5.41) is 8.31. The molecular weight excluding hydrogens is 190 g/mol. The van der Waals surface area contributed by atoms with Crippen LogP contribution in [0.1, 0.15) is 5.56 Å². The first-order chi connectivity index (χ1) is 6.83. The van der Waals surface area contributed by atoms with E-state index < -0.39 is 0 Å². The van der Waals surface area contributed by atoms with E-state index in [1.807, 2.05) is 30.3 Å². The average Bonchev–Trinajstić information content (AvgIpc) is 2.20. The third kappa shape index (κ3) is 4.06. The van der Waals surface area contributed by atoms with Crippen molar-refractivity contribution >= 4 is 16.4 Å². The Bertz CT molecular complexity index is 360. The van der Waals surface area contributed by atoms with Crippen LogP contribution in [0.2, 0.25) is 0 Å². The van der Waals surface area contributed by atoms with E-state index in [1.165, 1.54) is 11.6 Å². The van der Waals surface area contributed by atoms with Crippen LogP contribution in [0.15, 0.2) is 42.5 Å². The van der Waals surface area contributed by atoms with Gasteiger partial charge in [0.2, 0.25) is 0 Å². The topological polar surface area (TPSA) is 23.8 Å². The molecular formula is C12H13NS. The van der Waals surface area contributed by atoms with Crippen molar-refractivity contribution in [2.75, 3.05) is 5.75 Å². The van der Waals surface area contributed by atoms with Gasteiger partial charge in [0.1, 0.15) is 0 Å². The molecule has 1 aromatic carbocycles. The van der Waals surface area contributed by atoms with E-state index in [0.717, 1.165) is 11.5 Å². The molecule has 0 aliphatic heterocycles. The Morgan fingerprint density at radius 3 is 2.71 bits per heavy atom. The van der Waals surface area contributed by atoms with Crippen molar-refractivity contribution in [3.63, 3.8) is 0 Å². The fraction of sp³-hybridized carbons (Fsp3) is 0.167. The predicted molar refractivity (Wildman–Crippen MR) is 64.5 cm³/mol. The van der Waals surface area contributed by atoms with E-state index in [2.05, 4.69) is 18.0 Å². The van der Waals surface area contributed by atoms with Crippen molar-refractivity contribution in [3.8, 4) is 6.07 Å². The second kappa shape index (κ2) is 6.17. The molecule has 2 heteroatoms. The molecule has 0 aromatic heterocycles. The third-order valence-electron chi connectivity index (χ3n) is 1.74. The van der Waals surface area contributed by atoms with Gasteiger partial charge in [0.05, 0.1) is 6.07 Å². The van der Waals surface area contributed by atoms with Crippen LogP contribution in [0, 0.1) is 11.3 Å². The van der Waals surface area contributed by atoms with Crippen molar-refractivity contribution in [1.29, 1.82) is 5.26 Å². The van der Waals surface area contributed by atoms with Crippen LogP contribution in [-0.4, -0.2) is 11.6 Å². The Balaban J connectivity index is 2.43. The second-order valence-electron chi connectivity index (χ2n) is 2.94. The highest BCUT2D eigenvalue weighted by molar-refractivity contribution is 8.13. The number of nitrogens with zero attached hydrogens (tertiary/aromatic N) is 1. The maximum absolute atomic E-state index is 8.31. The van der Waals surface area contributed by atoms with Crippen LogP contribution in [0.4, 0.5) is 0 Å². The molecule has 0 spiro atoms. The lowest BCUT2D eigenvalue weighted by Crippen LogP contribution is -1.83. The van der Waals surface area contributed by atoms with Gasteiger partial charge in [0, 0.05) is 17.6 Å². The number of rotatable bonds is 4. The summed E-state index contributed by atoms with van der Waals surface area (Å²) in [6.07, 6.45) is 3.41. The first kappa shape index (κ1) is 10.7. The molecule has 14 heavy (non-hydrogen) atoms. The molecule has 1 nitrogen and oxygen atoms in total. The molecule has 0 fully saturated rings. The van der Waals surface area contributed by atoms with Crippen molar-refractivity contribution < 1.29 is 0 Å². The van der Waals surface area contributed by atoms with Crippen LogP contribution in [0.25, 0.3) is 0 Å². The zero-order valence-corrected chi connectivity index (χ0v) is 8.83. The van der Waals surface area contributed by atoms with E-state index in [1.54, 1.807) is 0 Å². The lowest BCUT2D eigenvalue weighted by Gasteiger charge is -2.03. The standard InChI is InChI=1S/C12H13NS/c1-14(10-6-5-9-13)11-12-7-3-2-4-8-12/h2-8H,1,10-11H2/b6-5+. The van der Waals surface area contributed by atoms with Crippen LogP contribution in [-0.2, 0) is 5.75 Å². The maximum atomic E-state index is 8.31. The van der Waals surface area contributed by atoms with Crippen LogP contribution in [0.3, 0.4) is 0 Å². The van der Waals surface area contributed by atoms with E-state index >= 15 is 0 Å². The van der Waals surface area contributed by atoms with Crippen LogP contribution in [0.5, 0.6) is 0 Å². The monoisotopic (exact) mass is 203 g/mol. The van der Waals surface area contributed by atoms with Gasteiger partial charge in [-0.2, -0.15) is 15.7 Å². The number of hydrogen-bond donors (Lipinski definition) is 0. The van der Waals surface area contributed by atoms with Gasteiger partial charge >= 0.3 is 0 Å². The molecule has 0 heterocycles. The zero-order chi connectivity index (χ0) is 10.2. The molecule has 1 aromatic rings. The predicted octanol–water partition coefficient (Wildman–Crippen LogP) is 2.97. The summed E-state index contributed by atoms with van der Waals surface area (Å²) >= 11 is 0. The summed E-state index contributed by atoms with van der Waals surface area (Å²) in [6.45, 7) is 0. The Morgan fingerprint density at radius 2 is 2.07 bits per heavy atom. The molecule has 1 unspecified atom stereocenters. The van der Waals surface area contributed by atoms with Gasteiger partial charge in [0.25, 0.3) is 0 Å². The van der Waals surface area contributed by atoms with Gasteiger partial charge in [-0.25, -0.2) is 0 Å². The molecule has 0 saturated carbocycles. The summed E-state index contributed by atoms with van der Waals surface area (Å²) in [5.41, 5.74) is 1.32. The Kier molecular flexibility index (Phi) is 4.74. The van der Waals surface area contributed by atoms with E-state index in [9.17, 15) is 0 Å². The summed E-state index contributed by atoms with van der Waals surface area (Å²) in [6, 6.07) is 12.3. The quantitative estimate of drug-likeness (QED) is 0.545. The molecule has 1 atom stereocenters. The summed E-state index contributed by atoms with van der Waals surface area (Å²) in [4.78, 5) is 0. The Hall–Kier alpha value is -1.33. The molecule has 0 saturated heterocycles. The molecule has 0 N–H and O–H groups in total. The second-order valence-corrected chi connectivity index (χ2v) is 4.79. The van der Waals surface area contributed by atoms with Gasteiger partial charge in [-0.15, -0.1) is 0 Å². The fourth-order valence-corrected chi connectivity index (χ4v) is 2.26. The van der Waals surface area contributed by atoms with Gasteiger partial charge in [-0.3, -0.25) is 0 Å². The lowest BCUT2D eigenvalue weighted by atomic mass is 10.2. The van der Waals surface area contributed by atoms with Crippen molar-refractivity contribution in [3.05, 3.63) is 48.0 Å². The summed E-state index contributed by atoms with van der Waals surface area (Å²) < 4.78 is 0. The first-order valence-electron chi connectivity index (χ1n) is 4.38.